The molecule has 76 valence electrons. The molecule has 0 bridgehead atoms. The first-order valence-corrected chi connectivity index (χ1v) is 5.17. The summed E-state index contributed by atoms with van der Waals surface area (Å²) in [4.78, 5) is 0. The third-order valence-electron chi connectivity index (χ3n) is 3.09. The standard InChI is InChI=1S/C12H16FN/c1-12(7-2-8-12)14-9-10-3-5-11(13)6-4-10/h3-6,14H,2,7-9H2,1H3. The molecule has 0 amide bonds. The van der Waals surface area contributed by atoms with Gasteiger partial charge in [0.05, 0.1) is 0 Å². The van der Waals surface area contributed by atoms with Gasteiger partial charge in [0.25, 0.3) is 0 Å². The molecule has 14 heavy (non-hydrogen) atoms. The van der Waals surface area contributed by atoms with Crippen molar-refractivity contribution in [2.24, 2.45) is 0 Å². The minimum absolute atomic E-state index is 0.163. The zero-order valence-corrected chi connectivity index (χ0v) is 8.52. The lowest BCUT2D eigenvalue weighted by Gasteiger charge is -2.39. The third kappa shape index (κ3) is 2.13. The molecule has 0 atom stereocenters. The highest BCUT2D eigenvalue weighted by atomic mass is 19.1. The summed E-state index contributed by atoms with van der Waals surface area (Å²) in [5.41, 5.74) is 1.48. The largest absolute Gasteiger partial charge is 0.307 e. The second-order valence-corrected chi connectivity index (χ2v) is 4.39. The van der Waals surface area contributed by atoms with Crippen molar-refractivity contribution in [1.29, 1.82) is 0 Å². The molecule has 0 spiro atoms. The molecule has 2 rings (SSSR count). The lowest BCUT2D eigenvalue weighted by molar-refractivity contribution is 0.207. The molecule has 0 unspecified atom stereocenters. The van der Waals surface area contributed by atoms with Gasteiger partial charge in [-0.25, -0.2) is 4.39 Å². The number of hydrogen-bond donors (Lipinski definition) is 1. The summed E-state index contributed by atoms with van der Waals surface area (Å²) in [7, 11) is 0. The van der Waals surface area contributed by atoms with Crippen LogP contribution < -0.4 is 5.32 Å². The Labute approximate surface area is 84.3 Å². The van der Waals surface area contributed by atoms with Crippen LogP contribution in [0.1, 0.15) is 31.7 Å². The van der Waals surface area contributed by atoms with Gasteiger partial charge < -0.3 is 5.32 Å². The molecule has 1 nitrogen and oxygen atoms in total. The highest BCUT2D eigenvalue weighted by Gasteiger charge is 2.30. The average molecular weight is 193 g/mol. The van der Waals surface area contributed by atoms with Crippen molar-refractivity contribution >= 4 is 0 Å². The van der Waals surface area contributed by atoms with Crippen molar-refractivity contribution in [3.05, 3.63) is 35.6 Å². The number of nitrogens with one attached hydrogen (secondary N) is 1. The maximum Gasteiger partial charge on any atom is 0.123 e. The molecule has 1 aliphatic carbocycles. The molecule has 1 aromatic rings. The van der Waals surface area contributed by atoms with Gasteiger partial charge in [0.2, 0.25) is 0 Å². The Morgan fingerprint density at radius 1 is 1.29 bits per heavy atom. The predicted octanol–water partition coefficient (Wildman–Crippen LogP) is 2.86. The molecular weight excluding hydrogens is 177 g/mol. The molecule has 0 radical (unpaired) electrons. The second kappa shape index (κ2) is 3.70. The fraction of sp³-hybridized carbons (Fsp3) is 0.500. The predicted molar refractivity (Wildman–Crippen MR) is 55.5 cm³/mol. The van der Waals surface area contributed by atoms with Crippen LogP contribution in [0, 0.1) is 5.82 Å². The monoisotopic (exact) mass is 193 g/mol. The van der Waals surface area contributed by atoms with E-state index in [1.807, 2.05) is 12.1 Å². The number of benzene rings is 1. The molecule has 0 aromatic heterocycles. The molecule has 2 heteroatoms. The van der Waals surface area contributed by atoms with E-state index in [0.29, 0.717) is 5.54 Å². The summed E-state index contributed by atoms with van der Waals surface area (Å²) >= 11 is 0. The van der Waals surface area contributed by atoms with Gasteiger partial charge in [0.1, 0.15) is 5.82 Å². The molecule has 1 saturated carbocycles. The average Bonchev–Trinajstić information content (AvgIpc) is 2.14. The van der Waals surface area contributed by atoms with Crippen molar-refractivity contribution in [3.8, 4) is 0 Å². The number of halogens is 1. The first-order valence-electron chi connectivity index (χ1n) is 5.17. The Bertz CT molecular complexity index is 301. The van der Waals surface area contributed by atoms with E-state index in [4.69, 9.17) is 0 Å². The lowest BCUT2D eigenvalue weighted by atomic mass is 9.78. The molecule has 0 aliphatic heterocycles. The Hall–Kier alpha value is -0.890. The summed E-state index contributed by atoms with van der Waals surface area (Å²) in [5, 5.41) is 3.51. The van der Waals surface area contributed by atoms with Gasteiger partial charge in [-0.15, -0.1) is 0 Å². The fourth-order valence-corrected chi connectivity index (χ4v) is 1.80. The highest BCUT2D eigenvalue weighted by Crippen LogP contribution is 2.31. The van der Waals surface area contributed by atoms with Crippen LogP contribution in [-0.2, 0) is 6.54 Å². The van der Waals surface area contributed by atoms with Crippen LogP contribution in [0.25, 0.3) is 0 Å². The van der Waals surface area contributed by atoms with Crippen LogP contribution in [0.3, 0.4) is 0 Å². The van der Waals surface area contributed by atoms with E-state index in [1.54, 1.807) is 0 Å². The Kier molecular flexibility index (Phi) is 2.55. The molecular formula is C12H16FN. The molecule has 1 N–H and O–H groups in total. The van der Waals surface area contributed by atoms with Gasteiger partial charge in [-0.05, 0) is 43.9 Å². The molecule has 1 aliphatic rings. The van der Waals surface area contributed by atoms with Crippen molar-refractivity contribution in [2.75, 3.05) is 0 Å². The Morgan fingerprint density at radius 2 is 1.93 bits per heavy atom. The minimum Gasteiger partial charge on any atom is -0.307 e. The van der Waals surface area contributed by atoms with Gasteiger partial charge >= 0.3 is 0 Å². The van der Waals surface area contributed by atoms with E-state index >= 15 is 0 Å². The zero-order valence-electron chi connectivity index (χ0n) is 8.52. The van der Waals surface area contributed by atoms with Crippen LogP contribution in [0.2, 0.25) is 0 Å². The highest BCUT2D eigenvalue weighted by molar-refractivity contribution is 5.16. The minimum atomic E-state index is -0.163. The van der Waals surface area contributed by atoms with E-state index in [-0.39, 0.29) is 5.82 Å². The van der Waals surface area contributed by atoms with Crippen LogP contribution in [0.5, 0.6) is 0 Å². The molecule has 1 aromatic carbocycles. The lowest BCUT2D eigenvalue weighted by Crippen LogP contribution is -2.47. The summed E-state index contributed by atoms with van der Waals surface area (Å²) < 4.78 is 12.6. The third-order valence-corrected chi connectivity index (χ3v) is 3.09. The maximum absolute atomic E-state index is 12.6. The summed E-state index contributed by atoms with van der Waals surface area (Å²) in [5.74, 6) is -0.163. The summed E-state index contributed by atoms with van der Waals surface area (Å²) in [6, 6.07) is 6.70. The van der Waals surface area contributed by atoms with Gasteiger partial charge in [-0.1, -0.05) is 12.1 Å². The topological polar surface area (TPSA) is 12.0 Å². The van der Waals surface area contributed by atoms with E-state index in [9.17, 15) is 4.39 Å². The Balaban J connectivity index is 1.88. The van der Waals surface area contributed by atoms with Crippen LogP contribution in [-0.4, -0.2) is 5.54 Å². The van der Waals surface area contributed by atoms with E-state index in [1.165, 1.54) is 31.4 Å². The van der Waals surface area contributed by atoms with E-state index < -0.39 is 0 Å². The normalized spacial score (nSPS) is 19.0. The first kappa shape index (κ1) is 9.66. The fourth-order valence-electron chi connectivity index (χ4n) is 1.80. The molecule has 0 heterocycles. The zero-order chi connectivity index (χ0) is 10.0. The van der Waals surface area contributed by atoms with Crippen LogP contribution in [0.15, 0.2) is 24.3 Å². The molecule has 0 saturated heterocycles. The SMILES string of the molecule is CC1(NCc2ccc(F)cc2)CCC1. The molecule has 1 fully saturated rings. The van der Waals surface area contributed by atoms with Crippen LogP contribution in [0.4, 0.5) is 4.39 Å². The maximum atomic E-state index is 12.6. The second-order valence-electron chi connectivity index (χ2n) is 4.39. The van der Waals surface area contributed by atoms with Crippen LogP contribution >= 0.6 is 0 Å². The van der Waals surface area contributed by atoms with Gasteiger partial charge in [-0.3, -0.25) is 0 Å². The van der Waals surface area contributed by atoms with Gasteiger partial charge in [0.15, 0.2) is 0 Å². The Morgan fingerprint density at radius 3 is 2.43 bits per heavy atom. The summed E-state index contributed by atoms with van der Waals surface area (Å²) in [6.45, 7) is 3.09. The van der Waals surface area contributed by atoms with Gasteiger partial charge in [0, 0.05) is 12.1 Å². The summed E-state index contributed by atoms with van der Waals surface area (Å²) in [6.07, 6.45) is 3.84. The first-order chi connectivity index (χ1) is 6.68. The number of hydrogen-bond acceptors (Lipinski definition) is 1. The van der Waals surface area contributed by atoms with E-state index in [0.717, 1.165) is 12.1 Å². The van der Waals surface area contributed by atoms with E-state index in [2.05, 4.69) is 12.2 Å². The van der Waals surface area contributed by atoms with Crippen molar-refractivity contribution in [1.82, 2.24) is 5.32 Å². The quantitative estimate of drug-likeness (QED) is 0.778. The van der Waals surface area contributed by atoms with Gasteiger partial charge in [-0.2, -0.15) is 0 Å². The van der Waals surface area contributed by atoms with Crippen molar-refractivity contribution in [2.45, 2.75) is 38.3 Å². The van der Waals surface area contributed by atoms with Crippen molar-refractivity contribution in [3.63, 3.8) is 0 Å². The smallest absolute Gasteiger partial charge is 0.123 e. The number of rotatable bonds is 3. The van der Waals surface area contributed by atoms with Crippen molar-refractivity contribution < 1.29 is 4.39 Å².